The number of nitrogens with zero attached hydrogens (tertiary/aromatic N) is 4. The van der Waals surface area contributed by atoms with E-state index in [9.17, 15) is 14.4 Å². The number of fused-ring (bicyclic) bond motifs is 1. The second-order valence-corrected chi connectivity index (χ2v) is 8.95. The molecule has 0 aliphatic carbocycles. The molecule has 4 aromatic rings. The number of hydrogen-bond donors (Lipinski definition) is 3. The van der Waals surface area contributed by atoms with Crippen LogP contribution in [0.2, 0.25) is 0 Å². The van der Waals surface area contributed by atoms with Crippen molar-refractivity contribution in [1.82, 2.24) is 25.3 Å². The van der Waals surface area contributed by atoms with E-state index in [-0.39, 0.29) is 18.9 Å². The molecule has 37 heavy (non-hydrogen) atoms. The van der Waals surface area contributed by atoms with E-state index in [4.69, 9.17) is 9.84 Å². The van der Waals surface area contributed by atoms with Gasteiger partial charge in [0.25, 0.3) is 0 Å². The number of ether oxygens (including phenoxy) is 1. The second kappa shape index (κ2) is 11.5. The maximum Gasteiger partial charge on any atom is 0.321 e. The molecule has 0 fully saturated rings. The Morgan fingerprint density at radius 2 is 1.86 bits per heavy atom. The lowest BCUT2D eigenvalue weighted by Crippen LogP contribution is -2.28. The molecule has 0 aliphatic rings. The number of amides is 2. The fraction of sp³-hybridized carbons (Fsp3) is 0.240. The van der Waals surface area contributed by atoms with Gasteiger partial charge >= 0.3 is 18.0 Å². The Morgan fingerprint density at radius 3 is 2.54 bits per heavy atom. The largest absolute Gasteiger partial charge is 0.481 e. The summed E-state index contributed by atoms with van der Waals surface area (Å²) in [6, 6.07) is 9.15. The predicted molar refractivity (Wildman–Crippen MR) is 138 cm³/mol. The molecule has 3 N–H and O–H groups in total. The van der Waals surface area contributed by atoms with E-state index in [0.29, 0.717) is 28.6 Å². The summed E-state index contributed by atoms with van der Waals surface area (Å²) in [5.74, 6) is -1.41. The van der Waals surface area contributed by atoms with Crippen molar-refractivity contribution in [3.05, 3.63) is 54.7 Å². The summed E-state index contributed by atoms with van der Waals surface area (Å²) < 4.78 is 6.10. The highest BCUT2D eigenvalue weighted by Crippen LogP contribution is 2.38. The smallest absolute Gasteiger partial charge is 0.321 e. The number of thiazole rings is 1. The zero-order chi connectivity index (χ0) is 26.4. The van der Waals surface area contributed by atoms with Gasteiger partial charge in [-0.3, -0.25) is 19.9 Å². The number of nitrogens with one attached hydrogen (secondary N) is 2. The molecule has 2 amide bonds. The van der Waals surface area contributed by atoms with E-state index in [1.165, 1.54) is 11.3 Å². The van der Waals surface area contributed by atoms with Gasteiger partial charge in [0.05, 0.1) is 28.8 Å². The number of benzene rings is 1. The second-order valence-electron chi connectivity index (χ2n) is 7.95. The lowest BCUT2D eigenvalue weighted by Gasteiger charge is -2.12. The van der Waals surface area contributed by atoms with Crippen molar-refractivity contribution in [3.63, 3.8) is 0 Å². The monoisotopic (exact) mass is 520 g/mol. The number of hydrogen-bond acceptors (Lipinski definition) is 9. The molecule has 0 saturated heterocycles. The fourth-order valence-corrected chi connectivity index (χ4v) is 4.45. The Balaban J connectivity index is 1.63. The zero-order valence-electron chi connectivity index (χ0n) is 20.1. The van der Waals surface area contributed by atoms with Crippen molar-refractivity contribution < 1.29 is 24.2 Å². The number of urea groups is 1. The average molecular weight is 521 g/mol. The van der Waals surface area contributed by atoms with E-state index in [1.54, 1.807) is 25.5 Å². The summed E-state index contributed by atoms with van der Waals surface area (Å²) in [6.07, 6.45) is 3.69. The highest BCUT2D eigenvalue weighted by atomic mass is 32.1. The van der Waals surface area contributed by atoms with Crippen LogP contribution in [-0.2, 0) is 14.3 Å². The van der Waals surface area contributed by atoms with Crippen LogP contribution in [0, 0.1) is 0 Å². The molecule has 190 valence electrons. The number of anilines is 1. The normalized spacial score (nSPS) is 11.6. The van der Waals surface area contributed by atoms with Crippen LogP contribution in [0.5, 0.6) is 0 Å². The summed E-state index contributed by atoms with van der Waals surface area (Å²) in [4.78, 5) is 52.3. The maximum absolute atomic E-state index is 12.0. The molecule has 4 rings (SSSR count). The number of pyridine rings is 1. The molecule has 0 spiro atoms. The van der Waals surface area contributed by atoms with Crippen LogP contribution < -0.4 is 10.6 Å². The van der Waals surface area contributed by atoms with Crippen LogP contribution in [0.25, 0.3) is 32.6 Å². The summed E-state index contributed by atoms with van der Waals surface area (Å²) in [5.41, 5.74) is 3.78. The average Bonchev–Trinajstić information content (AvgIpc) is 3.29. The molecule has 12 heteroatoms. The number of carbonyl (C=O) groups excluding carboxylic acids is 2. The van der Waals surface area contributed by atoms with Crippen molar-refractivity contribution in [2.24, 2.45) is 0 Å². The molecule has 1 atom stereocenters. The standard InChI is InChI=1S/C25H24N6O5S/c1-3-26-24(35)31-25-30-19-11-15(10-17(22(19)37-25)18-6-4-5-9-27-18)16-12-28-23(29-13-16)14(2)36-21(34)8-7-20(32)33/h4-6,9-14H,3,7-8H2,1-2H3,(H,32,33)(H2,26,30,31,35)/t14-/m0/s1. The van der Waals surface area contributed by atoms with E-state index >= 15 is 0 Å². The molecule has 11 nitrogen and oxygen atoms in total. The summed E-state index contributed by atoms with van der Waals surface area (Å²) >= 11 is 1.36. The lowest BCUT2D eigenvalue weighted by atomic mass is 10.0. The minimum Gasteiger partial charge on any atom is -0.481 e. The topological polar surface area (TPSA) is 156 Å². The Hall–Kier alpha value is -4.45. The van der Waals surface area contributed by atoms with Crippen molar-refractivity contribution in [3.8, 4) is 22.4 Å². The van der Waals surface area contributed by atoms with Crippen molar-refractivity contribution in [1.29, 1.82) is 0 Å². The first-order chi connectivity index (χ1) is 17.8. The number of esters is 1. The molecular weight excluding hydrogens is 496 g/mol. The summed E-state index contributed by atoms with van der Waals surface area (Å²) in [5, 5.41) is 14.6. The minimum atomic E-state index is -1.07. The third kappa shape index (κ3) is 6.41. The number of aliphatic carboxylic acids is 1. The Bertz CT molecular complexity index is 1430. The first kappa shape index (κ1) is 25.6. The molecule has 3 aromatic heterocycles. The van der Waals surface area contributed by atoms with Crippen molar-refractivity contribution >= 4 is 44.7 Å². The first-order valence-corrected chi connectivity index (χ1v) is 12.3. The Labute approximate surface area is 216 Å². The summed E-state index contributed by atoms with van der Waals surface area (Å²) in [6.45, 7) is 3.95. The molecule has 0 saturated carbocycles. The van der Waals surface area contributed by atoms with E-state index in [2.05, 4.69) is 30.6 Å². The molecule has 0 unspecified atom stereocenters. The van der Waals surface area contributed by atoms with Gasteiger partial charge in [-0.2, -0.15) is 0 Å². The Morgan fingerprint density at radius 1 is 1.08 bits per heavy atom. The van der Waals surface area contributed by atoms with Crippen LogP contribution in [0.3, 0.4) is 0 Å². The molecule has 0 bridgehead atoms. The van der Waals surface area contributed by atoms with Gasteiger partial charge in [-0.25, -0.2) is 19.7 Å². The molecule has 0 aliphatic heterocycles. The Kier molecular flexibility index (Phi) is 7.98. The first-order valence-electron chi connectivity index (χ1n) is 11.5. The van der Waals surface area contributed by atoms with Crippen LogP contribution in [0.4, 0.5) is 9.93 Å². The number of aromatic nitrogens is 4. The quantitative estimate of drug-likeness (QED) is 0.272. The van der Waals surface area contributed by atoms with Gasteiger partial charge in [0.1, 0.15) is 0 Å². The van der Waals surface area contributed by atoms with Crippen LogP contribution >= 0.6 is 11.3 Å². The van der Waals surface area contributed by atoms with Crippen LogP contribution in [0.1, 0.15) is 38.6 Å². The van der Waals surface area contributed by atoms with E-state index in [1.807, 2.05) is 37.3 Å². The predicted octanol–water partition coefficient (Wildman–Crippen LogP) is 4.43. The number of carboxylic acid groups (broad SMARTS) is 1. The number of rotatable bonds is 9. The van der Waals surface area contributed by atoms with Crippen LogP contribution in [-0.4, -0.2) is 49.6 Å². The molecule has 0 radical (unpaired) electrons. The van der Waals surface area contributed by atoms with Gasteiger partial charge in [0.2, 0.25) is 0 Å². The fourth-order valence-electron chi connectivity index (χ4n) is 3.48. The minimum absolute atomic E-state index is 0.224. The van der Waals surface area contributed by atoms with Gasteiger partial charge in [-0.05, 0) is 43.7 Å². The van der Waals surface area contributed by atoms with Gasteiger partial charge < -0.3 is 15.2 Å². The lowest BCUT2D eigenvalue weighted by molar-refractivity contribution is -0.152. The number of carboxylic acids is 1. The maximum atomic E-state index is 12.0. The van der Waals surface area contributed by atoms with Crippen molar-refractivity contribution in [2.45, 2.75) is 32.8 Å². The molecule has 1 aromatic carbocycles. The molecular formula is C25H24N6O5S. The highest BCUT2D eigenvalue weighted by Gasteiger charge is 2.18. The number of carbonyl (C=O) groups is 3. The van der Waals surface area contributed by atoms with Gasteiger partial charge in [0.15, 0.2) is 17.1 Å². The third-order valence-electron chi connectivity index (χ3n) is 5.21. The van der Waals surface area contributed by atoms with Gasteiger partial charge in [-0.15, -0.1) is 0 Å². The SMILES string of the molecule is CCNC(=O)Nc1nc2cc(-c3cnc([C@H](C)OC(=O)CCC(=O)O)nc3)cc(-c3ccccn3)c2s1. The van der Waals surface area contributed by atoms with Gasteiger partial charge in [-0.1, -0.05) is 17.4 Å². The third-order valence-corrected chi connectivity index (χ3v) is 6.23. The summed E-state index contributed by atoms with van der Waals surface area (Å²) in [7, 11) is 0. The van der Waals surface area contributed by atoms with Gasteiger partial charge in [0, 0.05) is 36.3 Å². The van der Waals surface area contributed by atoms with Crippen molar-refractivity contribution in [2.75, 3.05) is 11.9 Å². The molecule has 3 heterocycles. The van der Waals surface area contributed by atoms with E-state index < -0.39 is 18.0 Å². The van der Waals surface area contributed by atoms with Crippen LogP contribution in [0.15, 0.2) is 48.9 Å². The highest BCUT2D eigenvalue weighted by molar-refractivity contribution is 7.22. The zero-order valence-corrected chi connectivity index (χ0v) is 20.9. The van der Waals surface area contributed by atoms with E-state index in [0.717, 1.165) is 21.5 Å².